The Bertz CT molecular complexity index is 786. The highest BCUT2D eigenvalue weighted by molar-refractivity contribution is 6.32. The normalized spacial score (nSPS) is 10.4. The third-order valence-corrected chi connectivity index (χ3v) is 3.41. The molecule has 5 nitrogen and oxygen atoms in total. The Kier molecular flexibility index (Phi) is 4.16. The van der Waals surface area contributed by atoms with Crippen molar-refractivity contribution < 1.29 is 4.79 Å². The van der Waals surface area contributed by atoms with E-state index >= 15 is 0 Å². The summed E-state index contributed by atoms with van der Waals surface area (Å²) in [5.74, 6) is -0.259. The average molecular weight is 313 g/mol. The maximum Gasteiger partial charge on any atom is 0.254 e. The van der Waals surface area contributed by atoms with Crippen molar-refractivity contribution in [3.05, 3.63) is 77.3 Å². The SMILES string of the molecule is O=C(NCc1cnn(-c2ccccc2)c1)c1cccnc1Cl. The first-order valence-corrected chi connectivity index (χ1v) is 7.09. The number of pyridine rings is 1. The number of halogens is 1. The molecule has 2 aromatic heterocycles. The minimum Gasteiger partial charge on any atom is -0.348 e. The average Bonchev–Trinajstić information content (AvgIpc) is 3.03. The van der Waals surface area contributed by atoms with E-state index in [1.54, 1.807) is 29.2 Å². The van der Waals surface area contributed by atoms with Crippen LogP contribution in [0.25, 0.3) is 5.69 Å². The zero-order valence-corrected chi connectivity index (χ0v) is 12.4. The summed E-state index contributed by atoms with van der Waals surface area (Å²) in [7, 11) is 0. The van der Waals surface area contributed by atoms with Crippen molar-refractivity contribution in [2.75, 3.05) is 0 Å². The van der Waals surface area contributed by atoms with Gasteiger partial charge < -0.3 is 5.32 Å². The predicted molar refractivity (Wildman–Crippen MR) is 84.0 cm³/mol. The number of aromatic nitrogens is 3. The molecule has 0 spiro atoms. The molecule has 0 bridgehead atoms. The number of nitrogens with one attached hydrogen (secondary N) is 1. The van der Waals surface area contributed by atoms with Gasteiger partial charge in [-0.1, -0.05) is 29.8 Å². The second-order valence-electron chi connectivity index (χ2n) is 4.65. The molecular weight excluding hydrogens is 300 g/mol. The largest absolute Gasteiger partial charge is 0.348 e. The van der Waals surface area contributed by atoms with Gasteiger partial charge in [-0.05, 0) is 24.3 Å². The van der Waals surface area contributed by atoms with Crippen LogP contribution in [0.5, 0.6) is 0 Å². The molecule has 0 aliphatic carbocycles. The highest BCUT2D eigenvalue weighted by Gasteiger charge is 2.10. The summed E-state index contributed by atoms with van der Waals surface area (Å²) in [6.45, 7) is 0.372. The summed E-state index contributed by atoms with van der Waals surface area (Å²) in [5, 5.41) is 7.28. The van der Waals surface area contributed by atoms with Gasteiger partial charge in [-0.2, -0.15) is 5.10 Å². The fourth-order valence-corrected chi connectivity index (χ4v) is 2.21. The van der Waals surface area contributed by atoms with Crippen molar-refractivity contribution in [1.29, 1.82) is 0 Å². The molecule has 2 heterocycles. The quantitative estimate of drug-likeness (QED) is 0.754. The summed E-state index contributed by atoms with van der Waals surface area (Å²) in [6, 6.07) is 13.1. The van der Waals surface area contributed by atoms with Crippen LogP contribution >= 0.6 is 11.6 Å². The van der Waals surface area contributed by atoms with Crippen molar-refractivity contribution in [1.82, 2.24) is 20.1 Å². The first-order chi connectivity index (χ1) is 10.7. The van der Waals surface area contributed by atoms with Gasteiger partial charge in [0.25, 0.3) is 5.91 Å². The molecule has 1 N–H and O–H groups in total. The van der Waals surface area contributed by atoms with Crippen molar-refractivity contribution >= 4 is 17.5 Å². The van der Waals surface area contributed by atoms with Gasteiger partial charge in [-0.15, -0.1) is 0 Å². The van der Waals surface area contributed by atoms with Gasteiger partial charge in [0, 0.05) is 24.5 Å². The lowest BCUT2D eigenvalue weighted by atomic mass is 10.2. The topological polar surface area (TPSA) is 59.8 Å². The van der Waals surface area contributed by atoms with Gasteiger partial charge in [0.05, 0.1) is 17.4 Å². The molecule has 1 amide bonds. The molecular formula is C16H13ClN4O. The molecule has 22 heavy (non-hydrogen) atoms. The maximum atomic E-state index is 12.1. The fraction of sp³-hybridized carbons (Fsp3) is 0.0625. The molecule has 3 aromatic rings. The van der Waals surface area contributed by atoms with Gasteiger partial charge in [0.2, 0.25) is 0 Å². The Hall–Kier alpha value is -2.66. The summed E-state index contributed by atoms with van der Waals surface area (Å²) >= 11 is 5.90. The summed E-state index contributed by atoms with van der Waals surface area (Å²) < 4.78 is 1.76. The van der Waals surface area contributed by atoms with E-state index < -0.39 is 0 Å². The smallest absolute Gasteiger partial charge is 0.254 e. The molecule has 0 aliphatic heterocycles. The van der Waals surface area contributed by atoms with E-state index in [-0.39, 0.29) is 11.1 Å². The molecule has 110 valence electrons. The highest BCUT2D eigenvalue weighted by atomic mass is 35.5. The van der Waals surface area contributed by atoms with Crippen molar-refractivity contribution in [3.8, 4) is 5.69 Å². The molecule has 6 heteroatoms. The van der Waals surface area contributed by atoms with Gasteiger partial charge in [-0.25, -0.2) is 9.67 Å². The number of nitrogens with zero attached hydrogens (tertiary/aromatic N) is 3. The zero-order valence-electron chi connectivity index (χ0n) is 11.6. The van der Waals surface area contributed by atoms with E-state index in [0.717, 1.165) is 11.3 Å². The Morgan fingerprint density at radius 3 is 2.77 bits per heavy atom. The van der Waals surface area contributed by atoms with Crippen LogP contribution in [0, 0.1) is 0 Å². The monoisotopic (exact) mass is 312 g/mol. The van der Waals surface area contributed by atoms with Crippen LogP contribution in [0.15, 0.2) is 61.1 Å². The van der Waals surface area contributed by atoms with Gasteiger partial charge >= 0.3 is 0 Å². The van der Waals surface area contributed by atoms with Crippen LogP contribution in [0.1, 0.15) is 15.9 Å². The maximum absolute atomic E-state index is 12.1. The molecule has 3 rings (SSSR count). The Morgan fingerprint density at radius 2 is 2.00 bits per heavy atom. The van der Waals surface area contributed by atoms with Crippen LogP contribution in [0.2, 0.25) is 5.15 Å². The van der Waals surface area contributed by atoms with Crippen LogP contribution in [0.3, 0.4) is 0 Å². The van der Waals surface area contributed by atoms with Gasteiger partial charge in [0.1, 0.15) is 5.15 Å². The number of carbonyl (C=O) groups is 1. The predicted octanol–water partition coefficient (Wildman–Crippen LogP) is 2.85. The third kappa shape index (κ3) is 3.15. The highest BCUT2D eigenvalue weighted by Crippen LogP contribution is 2.12. The van der Waals surface area contributed by atoms with Crippen LogP contribution < -0.4 is 5.32 Å². The first-order valence-electron chi connectivity index (χ1n) is 6.72. The van der Waals surface area contributed by atoms with E-state index in [4.69, 9.17) is 11.6 Å². The first kappa shape index (κ1) is 14.3. The second-order valence-corrected chi connectivity index (χ2v) is 5.01. The standard InChI is InChI=1S/C16H13ClN4O/c17-15-14(7-4-8-18-15)16(22)19-9-12-10-20-21(11-12)13-5-2-1-3-6-13/h1-8,10-11H,9H2,(H,19,22). The number of hydrogen-bond acceptors (Lipinski definition) is 3. The third-order valence-electron chi connectivity index (χ3n) is 3.11. The number of hydrogen-bond donors (Lipinski definition) is 1. The summed E-state index contributed by atoms with van der Waals surface area (Å²) in [6.07, 6.45) is 5.14. The second kappa shape index (κ2) is 6.41. The van der Waals surface area contributed by atoms with E-state index in [1.165, 1.54) is 0 Å². The number of amides is 1. The van der Waals surface area contributed by atoms with Crippen molar-refractivity contribution in [2.45, 2.75) is 6.54 Å². The zero-order chi connectivity index (χ0) is 15.4. The van der Waals surface area contributed by atoms with Crippen LogP contribution in [0.4, 0.5) is 0 Å². The minimum absolute atomic E-state index is 0.194. The van der Waals surface area contributed by atoms with E-state index in [2.05, 4.69) is 15.4 Å². The molecule has 0 saturated heterocycles. The summed E-state index contributed by atoms with van der Waals surface area (Å²) in [5.41, 5.74) is 2.23. The molecule has 0 unspecified atom stereocenters. The van der Waals surface area contributed by atoms with Crippen LogP contribution in [-0.4, -0.2) is 20.7 Å². The van der Waals surface area contributed by atoms with E-state index in [9.17, 15) is 4.79 Å². The fourth-order valence-electron chi connectivity index (χ4n) is 2.01. The van der Waals surface area contributed by atoms with Crippen molar-refractivity contribution in [2.24, 2.45) is 0 Å². The lowest BCUT2D eigenvalue weighted by molar-refractivity contribution is 0.0950. The molecule has 0 saturated carbocycles. The molecule has 0 atom stereocenters. The van der Waals surface area contributed by atoms with E-state index in [0.29, 0.717) is 12.1 Å². The Balaban J connectivity index is 1.67. The van der Waals surface area contributed by atoms with E-state index in [1.807, 2.05) is 36.5 Å². The molecule has 0 radical (unpaired) electrons. The number of benzene rings is 1. The van der Waals surface area contributed by atoms with Gasteiger partial charge in [0.15, 0.2) is 0 Å². The van der Waals surface area contributed by atoms with Crippen LogP contribution in [-0.2, 0) is 6.54 Å². The molecule has 0 aliphatic rings. The van der Waals surface area contributed by atoms with Crippen molar-refractivity contribution in [3.63, 3.8) is 0 Å². The Labute approximate surface area is 132 Å². The molecule has 0 fully saturated rings. The minimum atomic E-state index is -0.259. The molecule has 1 aromatic carbocycles. The number of para-hydroxylation sites is 1. The van der Waals surface area contributed by atoms with Gasteiger partial charge in [-0.3, -0.25) is 4.79 Å². The number of carbonyl (C=O) groups excluding carboxylic acids is 1. The number of rotatable bonds is 4. The lowest BCUT2D eigenvalue weighted by Gasteiger charge is -2.04. The lowest BCUT2D eigenvalue weighted by Crippen LogP contribution is -2.23. The summed E-state index contributed by atoms with van der Waals surface area (Å²) in [4.78, 5) is 15.9. The Morgan fingerprint density at radius 1 is 1.18 bits per heavy atom.